The zero-order valence-electron chi connectivity index (χ0n) is 10.2. The second-order valence-electron chi connectivity index (χ2n) is 4.18. The first kappa shape index (κ1) is 13.0. The van der Waals surface area contributed by atoms with E-state index in [2.05, 4.69) is 0 Å². The number of hydrogen-bond donors (Lipinski definition) is 0. The third-order valence-corrected chi connectivity index (χ3v) is 2.76. The summed E-state index contributed by atoms with van der Waals surface area (Å²) >= 11 is 0. The number of carbonyl (C=O) groups is 2. The van der Waals surface area contributed by atoms with E-state index in [1.54, 1.807) is 6.92 Å². The van der Waals surface area contributed by atoms with Crippen molar-refractivity contribution in [3.05, 3.63) is 0 Å². The molecule has 92 valence electrons. The van der Waals surface area contributed by atoms with Gasteiger partial charge in [-0.3, -0.25) is 9.59 Å². The Morgan fingerprint density at radius 2 is 1.94 bits per heavy atom. The summed E-state index contributed by atoms with van der Waals surface area (Å²) in [6.07, 6.45) is 2.95. The third kappa shape index (κ3) is 4.64. The van der Waals surface area contributed by atoms with E-state index in [-0.39, 0.29) is 24.7 Å². The van der Waals surface area contributed by atoms with Crippen molar-refractivity contribution in [2.75, 3.05) is 19.7 Å². The normalized spacial score (nSPS) is 14.6. The summed E-state index contributed by atoms with van der Waals surface area (Å²) in [5, 5.41) is 0. The minimum absolute atomic E-state index is 0.0717. The largest absolute Gasteiger partial charge is 0.466 e. The molecule has 1 fully saturated rings. The Morgan fingerprint density at radius 1 is 1.25 bits per heavy atom. The monoisotopic (exact) mass is 227 g/mol. The van der Waals surface area contributed by atoms with Crippen molar-refractivity contribution in [2.45, 2.75) is 39.5 Å². The van der Waals surface area contributed by atoms with Gasteiger partial charge < -0.3 is 9.64 Å². The van der Waals surface area contributed by atoms with Crippen LogP contribution in [0, 0.1) is 5.92 Å². The molecule has 0 N–H and O–H groups in total. The molecule has 1 rings (SSSR count). The zero-order chi connectivity index (χ0) is 12.0. The van der Waals surface area contributed by atoms with Crippen LogP contribution in [0.5, 0.6) is 0 Å². The Labute approximate surface area is 96.9 Å². The van der Waals surface area contributed by atoms with Crippen molar-refractivity contribution in [3.8, 4) is 0 Å². The minimum Gasteiger partial charge on any atom is -0.466 e. The molecule has 0 unspecified atom stereocenters. The summed E-state index contributed by atoms with van der Waals surface area (Å²) < 4.78 is 4.79. The Hall–Kier alpha value is -1.06. The number of amides is 1. The van der Waals surface area contributed by atoms with Gasteiger partial charge in [-0.15, -0.1) is 0 Å². The number of ether oxygens (including phenoxy) is 1. The van der Waals surface area contributed by atoms with E-state index >= 15 is 0 Å². The Bertz CT molecular complexity index is 249. The molecular weight excluding hydrogens is 206 g/mol. The quantitative estimate of drug-likeness (QED) is 0.620. The lowest BCUT2D eigenvalue weighted by Crippen LogP contribution is -2.32. The summed E-state index contributed by atoms with van der Waals surface area (Å²) in [6.45, 7) is 5.72. The predicted octanol–water partition coefficient (Wildman–Crippen LogP) is 1.59. The van der Waals surface area contributed by atoms with Gasteiger partial charge in [0.1, 0.15) is 0 Å². The number of esters is 1. The molecule has 16 heavy (non-hydrogen) atoms. The second-order valence-corrected chi connectivity index (χ2v) is 4.18. The lowest BCUT2D eigenvalue weighted by molar-refractivity contribution is -0.145. The van der Waals surface area contributed by atoms with Gasteiger partial charge in [-0.05, 0) is 32.6 Å². The molecule has 0 aromatic rings. The Morgan fingerprint density at radius 3 is 2.44 bits per heavy atom. The van der Waals surface area contributed by atoms with Gasteiger partial charge in [-0.25, -0.2) is 0 Å². The van der Waals surface area contributed by atoms with Crippen molar-refractivity contribution >= 4 is 11.9 Å². The van der Waals surface area contributed by atoms with E-state index in [0.29, 0.717) is 12.5 Å². The highest BCUT2D eigenvalue weighted by Gasteiger charge is 2.25. The van der Waals surface area contributed by atoms with Crippen LogP contribution in [-0.4, -0.2) is 36.5 Å². The molecule has 0 saturated heterocycles. The van der Waals surface area contributed by atoms with E-state index < -0.39 is 0 Å². The van der Waals surface area contributed by atoms with Gasteiger partial charge in [0.25, 0.3) is 0 Å². The fourth-order valence-corrected chi connectivity index (χ4v) is 1.62. The molecule has 0 heterocycles. The molecule has 0 aromatic carbocycles. The molecule has 0 aromatic heterocycles. The molecular formula is C12H21NO3. The average Bonchev–Trinajstić information content (AvgIpc) is 3.07. The third-order valence-electron chi connectivity index (χ3n) is 2.76. The molecule has 0 atom stereocenters. The highest BCUT2D eigenvalue weighted by atomic mass is 16.5. The van der Waals surface area contributed by atoms with E-state index in [9.17, 15) is 9.59 Å². The summed E-state index contributed by atoms with van der Waals surface area (Å²) in [5.74, 6) is 0.493. The SMILES string of the molecule is CCOC(=O)CCC(=O)N(CC)CC1CC1. The number of carbonyl (C=O) groups excluding carboxylic acids is 2. The van der Waals surface area contributed by atoms with Crippen LogP contribution < -0.4 is 0 Å². The van der Waals surface area contributed by atoms with Crippen molar-refractivity contribution in [1.29, 1.82) is 0 Å². The van der Waals surface area contributed by atoms with Gasteiger partial charge in [0.2, 0.25) is 5.91 Å². The van der Waals surface area contributed by atoms with Gasteiger partial charge in [-0.2, -0.15) is 0 Å². The molecule has 1 saturated carbocycles. The zero-order valence-corrected chi connectivity index (χ0v) is 10.2. The summed E-state index contributed by atoms with van der Waals surface area (Å²) in [6, 6.07) is 0. The van der Waals surface area contributed by atoms with Gasteiger partial charge in [-0.1, -0.05) is 0 Å². The van der Waals surface area contributed by atoms with Gasteiger partial charge in [0.05, 0.1) is 13.0 Å². The van der Waals surface area contributed by atoms with Gasteiger partial charge in [0, 0.05) is 19.5 Å². The van der Waals surface area contributed by atoms with Crippen molar-refractivity contribution in [2.24, 2.45) is 5.92 Å². The van der Waals surface area contributed by atoms with Gasteiger partial charge in [0.15, 0.2) is 0 Å². The number of rotatable bonds is 7. The molecule has 0 bridgehead atoms. The lowest BCUT2D eigenvalue weighted by Gasteiger charge is -2.20. The van der Waals surface area contributed by atoms with Crippen LogP contribution in [0.1, 0.15) is 39.5 Å². The molecule has 1 aliphatic carbocycles. The smallest absolute Gasteiger partial charge is 0.306 e. The summed E-state index contributed by atoms with van der Waals surface area (Å²) in [5.41, 5.74) is 0. The summed E-state index contributed by atoms with van der Waals surface area (Å²) in [7, 11) is 0. The molecule has 0 spiro atoms. The standard InChI is InChI=1S/C12H21NO3/c1-3-13(9-10-5-6-10)11(14)7-8-12(15)16-4-2/h10H,3-9H2,1-2H3. The molecule has 1 amide bonds. The first-order valence-corrected chi connectivity index (χ1v) is 6.10. The van der Waals surface area contributed by atoms with Crippen molar-refractivity contribution in [1.82, 2.24) is 4.90 Å². The van der Waals surface area contributed by atoms with Crippen LogP contribution in [-0.2, 0) is 14.3 Å². The number of hydrogen-bond acceptors (Lipinski definition) is 3. The maximum Gasteiger partial charge on any atom is 0.306 e. The van der Waals surface area contributed by atoms with E-state index in [1.165, 1.54) is 12.8 Å². The van der Waals surface area contributed by atoms with Crippen LogP contribution in [0.15, 0.2) is 0 Å². The topological polar surface area (TPSA) is 46.6 Å². The molecule has 0 radical (unpaired) electrons. The fraction of sp³-hybridized carbons (Fsp3) is 0.833. The Balaban J connectivity index is 2.22. The summed E-state index contributed by atoms with van der Waals surface area (Å²) in [4.78, 5) is 24.7. The maximum atomic E-state index is 11.8. The first-order chi connectivity index (χ1) is 7.67. The highest BCUT2D eigenvalue weighted by Crippen LogP contribution is 2.29. The molecule has 0 aliphatic heterocycles. The van der Waals surface area contributed by atoms with Crippen LogP contribution in [0.4, 0.5) is 0 Å². The predicted molar refractivity (Wildman–Crippen MR) is 60.8 cm³/mol. The maximum absolute atomic E-state index is 11.8. The highest BCUT2D eigenvalue weighted by molar-refractivity contribution is 5.81. The van der Waals surface area contributed by atoms with E-state index in [4.69, 9.17) is 4.74 Å². The van der Waals surface area contributed by atoms with Crippen LogP contribution in [0.25, 0.3) is 0 Å². The van der Waals surface area contributed by atoms with Crippen LogP contribution in [0.3, 0.4) is 0 Å². The van der Waals surface area contributed by atoms with Crippen LogP contribution >= 0.6 is 0 Å². The van der Waals surface area contributed by atoms with Crippen LogP contribution in [0.2, 0.25) is 0 Å². The van der Waals surface area contributed by atoms with E-state index in [0.717, 1.165) is 13.1 Å². The van der Waals surface area contributed by atoms with Gasteiger partial charge >= 0.3 is 5.97 Å². The lowest BCUT2D eigenvalue weighted by atomic mass is 10.2. The average molecular weight is 227 g/mol. The van der Waals surface area contributed by atoms with Crippen molar-refractivity contribution in [3.63, 3.8) is 0 Å². The second kappa shape index (κ2) is 6.51. The van der Waals surface area contributed by atoms with E-state index in [1.807, 2.05) is 11.8 Å². The molecule has 1 aliphatic rings. The first-order valence-electron chi connectivity index (χ1n) is 6.10. The number of nitrogens with zero attached hydrogens (tertiary/aromatic N) is 1. The molecule has 4 heteroatoms. The Kier molecular flexibility index (Phi) is 5.29. The fourth-order valence-electron chi connectivity index (χ4n) is 1.62. The molecule has 4 nitrogen and oxygen atoms in total. The van der Waals surface area contributed by atoms with Crippen molar-refractivity contribution < 1.29 is 14.3 Å². The minimum atomic E-state index is -0.279.